The van der Waals surface area contributed by atoms with Crippen LogP contribution in [0, 0.1) is 37.5 Å². The van der Waals surface area contributed by atoms with Crippen molar-refractivity contribution in [2.75, 3.05) is 5.32 Å². The topological polar surface area (TPSA) is 151 Å². The molecule has 2 aromatic rings. The predicted molar refractivity (Wildman–Crippen MR) is 117 cm³/mol. The van der Waals surface area contributed by atoms with Gasteiger partial charge in [-0.15, -0.1) is 0 Å². The van der Waals surface area contributed by atoms with Gasteiger partial charge in [-0.1, -0.05) is 0 Å². The van der Waals surface area contributed by atoms with E-state index in [0.717, 1.165) is 12.1 Å². The number of benzene rings is 2. The number of anilines is 1. The van der Waals surface area contributed by atoms with E-state index in [4.69, 9.17) is 0 Å². The number of nitrogens with zero attached hydrogens (tertiary/aromatic N) is 3. The number of nitro groups is 3. The molecule has 0 amide bonds. The van der Waals surface area contributed by atoms with Crippen molar-refractivity contribution in [3.8, 4) is 5.75 Å². The van der Waals surface area contributed by atoms with Crippen molar-refractivity contribution in [1.29, 1.82) is 0 Å². The minimum atomic E-state index is -6.01. The van der Waals surface area contributed by atoms with Crippen LogP contribution >= 0.6 is 45.2 Å². The number of rotatable bonds is 8. The van der Waals surface area contributed by atoms with E-state index in [0.29, 0.717) is 12.1 Å². The molecular weight excluding hydrogens is 697 g/mol. The Bertz CT molecular complexity index is 1110. The number of nitro benzene ring substituents is 3. The molecule has 0 bridgehead atoms. The lowest BCUT2D eigenvalue weighted by Crippen LogP contribution is -2.42. The summed E-state index contributed by atoms with van der Waals surface area (Å²) >= 11 is 3.12. The Labute approximate surface area is 206 Å². The number of ether oxygens (including phenoxy) is 1. The largest absolute Gasteiger partial charge is 0.499 e. The first-order chi connectivity index (χ1) is 15.0. The molecule has 33 heavy (non-hydrogen) atoms. The van der Waals surface area contributed by atoms with Crippen molar-refractivity contribution in [3.05, 3.63) is 67.3 Å². The van der Waals surface area contributed by atoms with Crippen LogP contribution in [-0.4, -0.2) is 27.1 Å². The van der Waals surface area contributed by atoms with E-state index in [2.05, 4.69) is 10.1 Å². The molecule has 0 aromatic heterocycles. The van der Waals surface area contributed by atoms with E-state index in [1.165, 1.54) is 22.6 Å². The highest BCUT2D eigenvalue weighted by atomic mass is 127. The molecule has 0 heterocycles. The molecule has 0 saturated heterocycles. The van der Waals surface area contributed by atoms with Gasteiger partial charge in [0.05, 0.1) is 42.7 Å². The van der Waals surface area contributed by atoms with Crippen LogP contribution in [-0.2, 0) is 6.54 Å². The summed E-state index contributed by atoms with van der Waals surface area (Å²) in [5.74, 6) is -0.881. The average molecular weight is 704 g/mol. The predicted octanol–water partition coefficient (Wildman–Crippen LogP) is 5.77. The zero-order valence-electron chi connectivity index (χ0n) is 15.4. The van der Waals surface area contributed by atoms with Gasteiger partial charge in [0.15, 0.2) is 0 Å². The van der Waals surface area contributed by atoms with E-state index >= 15 is 0 Å². The minimum Gasteiger partial charge on any atom is -0.425 e. The van der Waals surface area contributed by atoms with E-state index in [1.807, 2.05) is 0 Å². The lowest BCUT2D eigenvalue weighted by atomic mass is 10.1. The molecule has 11 nitrogen and oxygen atoms in total. The van der Waals surface area contributed by atoms with E-state index in [-0.39, 0.29) is 12.8 Å². The molecule has 0 radical (unpaired) electrons. The number of alkyl halides is 5. The average Bonchev–Trinajstić information content (AvgIpc) is 2.67. The van der Waals surface area contributed by atoms with Crippen molar-refractivity contribution in [3.63, 3.8) is 0 Å². The van der Waals surface area contributed by atoms with Gasteiger partial charge in [-0.3, -0.25) is 30.3 Å². The standard InChI is InChI=1S/C15H7F5I2N4O7/c16-14(17,18)15(19,20)33-13-4-10(8(21)3-9(13)22)23-5-7-11(25(29)30)1-6(24(27)28)2-12(7)26(31)32/h1-4,23H,5H2. The summed E-state index contributed by atoms with van der Waals surface area (Å²) in [7, 11) is 0. The van der Waals surface area contributed by atoms with Gasteiger partial charge in [0, 0.05) is 9.64 Å². The third-order valence-electron chi connectivity index (χ3n) is 3.84. The Morgan fingerprint density at radius 3 is 1.79 bits per heavy atom. The maximum Gasteiger partial charge on any atom is 0.499 e. The van der Waals surface area contributed by atoms with Crippen LogP contribution < -0.4 is 10.1 Å². The number of hydrogen-bond acceptors (Lipinski definition) is 8. The maximum absolute atomic E-state index is 13.3. The molecule has 2 rings (SSSR count). The monoisotopic (exact) mass is 704 g/mol. The van der Waals surface area contributed by atoms with Crippen LogP contribution in [0.5, 0.6) is 5.75 Å². The highest BCUT2D eigenvalue weighted by Crippen LogP contribution is 2.41. The highest BCUT2D eigenvalue weighted by molar-refractivity contribution is 14.1. The fourth-order valence-electron chi connectivity index (χ4n) is 2.36. The van der Waals surface area contributed by atoms with Crippen LogP contribution in [0.4, 0.5) is 44.7 Å². The molecule has 178 valence electrons. The second-order valence-electron chi connectivity index (χ2n) is 5.97. The first-order valence-electron chi connectivity index (χ1n) is 8.01. The van der Waals surface area contributed by atoms with Gasteiger partial charge < -0.3 is 10.1 Å². The Kier molecular flexibility index (Phi) is 7.81. The van der Waals surface area contributed by atoms with E-state index in [9.17, 15) is 52.3 Å². The molecule has 1 N–H and O–H groups in total. The van der Waals surface area contributed by atoms with Gasteiger partial charge in [0.1, 0.15) is 11.3 Å². The third kappa shape index (κ3) is 6.03. The summed E-state index contributed by atoms with van der Waals surface area (Å²) in [5.41, 5.74) is -3.59. The van der Waals surface area contributed by atoms with Crippen LogP contribution in [0.2, 0.25) is 0 Å². The molecule has 0 aliphatic rings. The SMILES string of the molecule is O=[N+]([O-])c1cc([N+](=O)[O-])c(CNc2cc(OC(F)(F)C(F)(F)F)c(I)cc2I)c([N+](=O)[O-])c1. The van der Waals surface area contributed by atoms with Crippen molar-refractivity contribution in [1.82, 2.24) is 0 Å². The summed E-state index contributed by atoms with van der Waals surface area (Å²) in [6.07, 6.45) is -11.5. The smallest absolute Gasteiger partial charge is 0.425 e. The van der Waals surface area contributed by atoms with E-state index in [1.54, 1.807) is 22.6 Å². The van der Waals surface area contributed by atoms with Crippen molar-refractivity contribution in [2.45, 2.75) is 18.8 Å². The van der Waals surface area contributed by atoms with Crippen molar-refractivity contribution < 1.29 is 41.5 Å². The Hall–Kier alpha value is -2.65. The molecule has 0 fully saturated rings. The van der Waals surface area contributed by atoms with Gasteiger partial charge in [-0.25, -0.2) is 0 Å². The summed E-state index contributed by atoms with van der Waals surface area (Å²) in [5, 5.41) is 36.0. The molecule has 18 heteroatoms. The number of hydrogen-bond donors (Lipinski definition) is 1. The quantitative estimate of drug-likeness (QED) is 0.158. The molecule has 0 aliphatic carbocycles. The number of nitrogens with one attached hydrogen (secondary N) is 1. The summed E-state index contributed by atoms with van der Waals surface area (Å²) in [6.45, 7) is -0.698. The summed E-state index contributed by atoms with van der Waals surface area (Å²) < 4.78 is 67.9. The van der Waals surface area contributed by atoms with Crippen LogP contribution in [0.25, 0.3) is 0 Å². The molecular formula is C15H7F5I2N4O7. The lowest BCUT2D eigenvalue weighted by Gasteiger charge is -2.21. The number of non-ortho nitro benzene ring substituents is 1. The van der Waals surface area contributed by atoms with Gasteiger partial charge in [-0.2, -0.15) is 22.0 Å². The lowest BCUT2D eigenvalue weighted by molar-refractivity contribution is -0.404. The molecule has 0 saturated carbocycles. The van der Waals surface area contributed by atoms with E-state index < -0.39 is 62.0 Å². The Morgan fingerprint density at radius 2 is 1.36 bits per heavy atom. The summed E-state index contributed by atoms with van der Waals surface area (Å²) in [4.78, 5) is 30.3. The second kappa shape index (κ2) is 9.69. The molecule has 0 aliphatic heterocycles. The molecule has 0 atom stereocenters. The fraction of sp³-hybridized carbons (Fsp3) is 0.200. The number of halogens is 7. The molecule has 0 unspecified atom stereocenters. The minimum absolute atomic E-state index is 0.126. The van der Waals surface area contributed by atoms with Crippen molar-refractivity contribution >= 4 is 67.9 Å². The maximum atomic E-state index is 13.3. The van der Waals surface area contributed by atoms with Crippen LogP contribution in [0.15, 0.2) is 24.3 Å². The summed E-state index contributed by atoms with van der Waals surface area (Å²) in [6, 6.07) is 2.92. The van der Waals surface area contributed by atoms with Crippen LogP contribution in [0.3, 0.4) is 0 Å². The van der Waals surface area contributed by atoms with Gasteiger partial charge in [0.25, 0.3) is 17.1 Å². The van der Waals surface area contributed by atoms with Crippen molar-refractivity contribution in [2.24, 2.45) is 0 Å². The third-order valence-corrected chi connectivity index (χ3v) is 5.57. The van der Waals surface area contributed by atoms with Gasteiger partial charge in [-0.05, 0) is 51.2 Å². The molecule has 2 aromatic carbocycles. The highest BCUT2D eigenvalue weighted by Gasteiger charge is 2.61. The van der Waals surface area contributed by atoms with Gasteiger partial charge >= 0.3 is 12.3 Å². The Morgan fingerprint density at radius 1 is 0.848 bits per heavy atom. The normalized spacial score (nSPS) is 11.7. The zero-order valence-corrected chi connectivity index (χ0v) is 19.7. The second-order valence-corrected chi connectivity index (χ2v) is 8.29. The Balaban J connectivity index is 2.49. The molecule has 0 spiro atoms. The zero-order chi connectivity index (χ0) is 25.3. The first-order valence-corrected chi connectivity index (χ1v) is 10.2. The fourth-order valence-corrected chi connectivity index (χ4v) is 4.19. The first kappa shape index (κ1) is 26.6. The van der Waals surface area contributed by atoms with Crippen LogP contribution in [0.1, 0.15) is 5.56 Å². The van der Waals surface area contributed by atoms with Gasteiger partial charge in [0.2, 0.25) is 0 Å².